The highest BCUT2D eigenvalue weighted by Gasteiger charge is 2.05. The summed E-state index contributed by atoms with van der Waals surface area (Å²) in [6, 6.07) is 14.0. The van der Waals surface area contributed by atoms with E-state index in [9.17, 15) is 4.79 Å². The number of hydrogen-bond acceptors (Lipinski definition) is 3. The summed E-state index contributed by atoms with van der Waals surface area (Å²) in [6.45, 7) is 2.49. The summed E-state index contributed by atoms with van der Waals surface area (Å²) >= 11 is 0. The average molecular weight is 241 g/mol. The Hall–Kier alpha value is -2.29. The third kappa shape index (κ3) is 2.51. The number of benzene rings is 2. The molecule has 2 aromatic rings. The molecule has 18 heavy (non-hydrogen) atoms. The normalized spacial score (nSPS) is 9.89. The number of rotatable bonds is 4. The summed E-state index contributed by atoms with van der Waals surface area (Å²) in [5.74, 6) is 0.531. The molecule has 0 atom stereocenters. The van der Waals surface area contributed by atoms with Crippen LogP contribution in [0.2, 0.25) is 0 Å². The second kappa shape index (κ2) is 5.36. The van der Waals surface area contributed by atoms with Crippen LogP contribution >= 0.6 is 0 Å². The van der Waals surface area contributed by atoms with Gasteiger partial charge in [0.15, 0.2) is 5.75 Å². The van der Waals surface area contributed by atoms with Gasteiger partial charge in [0.1, 0.15) is 0 Å². The lowest BCUT2D eigenvalue weighted by atomic mass is 10.0. The molecule has 0 aliphatic heterocycles. The van der Waals surface area contributed by atoms with Gasteiger partial charge in [-0.25, -0.2) is 0 Å². The SMILES string of the molecule is CNc1cc(-c2ccc(C)cc2)ccc1OC=O. The lowest BCUT2D eigenvalue weighted by Crippen LogP contribution is -1.96. The Balaban J connectivity index is 2.40. The Kier molecular flexibility index (Phi) is 3.63. The molecule has 0 saturated heterocycles. The molecule has 0 bridgehead atoms. The van der Waals surface area contributed by atoms with Gasteiger partial charge >= 0.3 is 0 Å². The van der Waals surface area contributed by atoms with Gasteiger partial charge < -0.3 is 10.1 Å². The van der Waals surface area contributed by atoms with Crippen molar-refractivity contribution < 1.29 is 9.53 Å². The number of carbonyl (C=O) groups excluding carboxylic acids is 1. The summed E-state index contributed by atoms with van der Waals surface area (Å²) in [7, 11) is 1.80. The molecule has 92 valence electrons. The molecular formula is C15H15NO2. The first-order valence-corrected chi connectivity index (χ1v) is 5.73. The van der Waals surface area contributed by atoms with Gasteiger partial charge in [-0.15, -0.1) is 0 Å². The molecule has 0 saturated carbocycles. The zero-order valence-electron chi connectivity index (χ0n) is 10.4. The van der Waals surface area contributed by atoms with Crippen molar-refractivity contribution in [2.45, 2.75) is 6.92 Å². The first kappa shape index (κ1) is 12.2. The molecule has 0 unspecified atom stereocenters. The average Bonchev–Trinajstić information content (AvgIpc) is 2.40. The number of carbonyl (C=O) groups is 1. The quantitative estimate of drug-likeness (QED) is 0.835. The van der Waals surface area contributed by atoms with E-state index in [0.717, 1.165) is 16.8 Å². The van der Waals surface area contributed by atoms with Gasteiger partial charge in [0.05, 0.1) is 5.69 Å². The van der Waals surface area contributed by atoms with Crippen molar-refractivity contribution in [3.63, 3.8) is 0 Å². The Morgan fingerprint density at radius 1 is 1.06 bits per heavy atom. The molecule has 3 heteroatoms. The Morgan fingerprint density at radius 2 is 1.72 bits per heavy atom. The number of nitrogens with one attached hydrogen (secondary N) is 1. The third-order valence-corrected chi connectivity index (χ3v) is 2.81. The maximum absolute atomic E-state index is 10.4. The molecule has 0 spiro atoms. The summed E-state index contributed by atoms with van der Waals surface area (Å²) in [4.78, 5) is 10.4. The van der Waals surface area contributed by atoms with E-state index in [0.29, 0.717) is 12.2 Å². The van der Waals surface area contributed by atoms with Crippen LogP contribution < -0.4 is 10.1 Å². The van der Waals surface area contributed by atoms with Crippen molar-refractivity contribution in [1.29, 1.82) is 0 Å². The minimum atomic E-state index is 0.432. The minimum Gasteiger partial charge on any atom is -0.427 e. The van der Waals surface area contributed by atoms with Crippen LogP contribution in [-0.2, 0) is 4.79 Å². The fraction of sp³-hybridized carbons (Fsp3) is 0.133. The number of anilines is 1. The highest BCUT2D eigenvalue weighted by molar-refractivity contribution is 5.73. The molecule has 0 radical (unpaired) electrons. The highest BCUT2D eigenvalue weighted by atomic mass is 16.5. The van der Waals surface area contributed by atoms with Crippen molar-refractivity contribution >= 4 is 12.2 Å². The van der Waals surface area contributed by atoms with Gasteiger partial charge in [0.25, 0.3) is 6.47 Å². The van der Waals surface area contributed by atoms with E-state index in [4.69, 9.17) is 4.74 Å². The van der Waals surface area contributed by atoms with Gasteiger partial charge in [-0.05, 0) is 30.2 Å². The monoisotopic (exact) mass is 241 g/mol. The van der Waals surface area contributed by atoms with Gasteiger partial charge in [0.2, 0.25) is 0 Å². The van der Waals surface area contributed by atoms with Crippen molar-refractivity contribution in [2.75, 3.05) is 12.4 Å². The van der Waals surface area contributed by atoms with Gasteiger partial charge in [0, 0.05) is 7.05 Å². The molecule has 0 fully saturated rings. The Bertz CT molecular complexity index is 547. The molecule has 2 rings (SSSR count). The zero-order valence-corrected chi connectivity index (χ0v) is 10.4. The fourth-order valence-corrected chi connectivity index (χ4v) is 1.81. The molecule has 1 N–H and O–H groups in total. The number of hydrogen-bond donors (Lipinski definition) is 1. The second-order valence-electron chi connectivity index (χ2n) is 4.04. The van der Waals surface area contributed by atoms with Crippen molar-refractivity contribution in [3.05, 3.63) is 48.0 Å². The van der Waals surface area contributed by atoms with Gasteiger partial charge in [-0.2, -0.15) is 0 Å². The van der Waals surface area contributed by atoms with Crippen LogP contribution in [0.15, 0.2) is 42.5 Å². The molecule has 0 aromatic heterocycles. The lowest BCUT2D eigenvalue weighted by Gasteiger charge is -2.09. The predicted octanol–water partition coefficient (Wildman–Crippen LogP) is 3.24. The smallest absolute Gasteiger partial charge is 0.298 e. The zero-order chi connectivity index (χ0) is 13.0. The van der Waals surface area contributed by atoms with Gasteiger partial charge in [-0.3, -0.25) is 4.79 Å². The maximum atomic E-state index is 10.4. The third-order valence-electron chi connectivity index (χ3n) is 2.81. The first-order chi connectivity index (χ1) is 8.74. The van der Waals surface area contributed by atoms with Crippen molar-refractivity contribution in [2.24, 2.45) is 0 Å². The summed E-state index contributed by atoms with van der Waals surface area (Å²) in [5.41, 5.74) is 4.24. The van der Waals surface area contributed by atoms with Crippen LogP contribution in [0.4, 0.5) is 5.69 Å². The molecular weight excluding hydrogens is 226 g/mol. The molecule has 3 nitrogen and oxygen atoms in total. The summed E-state index contributed by atoms with van der Waals surface area (Å²) in [6.07, 6.45) is 0. The van der Waals surface area contributed by atoms with E-state index in [1.165, 1.54) is 5.56 Å². The van der Waals surface area contributed by atoms with Gasteiger partial charge in [-0.1, -0.05) is 35.9 Å². The lowest BCUT2D eigenvalue weighted by molar-refractivity contribution is -0.120. The van der Waals surface area contributed by atoms with Crippen molar-refractivity contribution in [1.82, 2.24) is 0 Å². The van der Waals surface area contributed by atoms with E-state index in [1.807, 2.05) is 12.1 Å². The van der Waals surface area contributed by atoms with Crippen LogP contribution in [0.3, 0.4) is 0 Å². The fourth-order valence-electron chi connectivity index (χ4n) is 1.81. The molecule has 0 aliphatic carbocycles. The van der Waals surface area contributed by atoms with E-state index in [-0.39, 0.29) is 0 Å². The summed E-state index contributed by atoms with van der Waals surface area (Å²) < 4.78 is 4.89. The van der Waals surface area contributed by atoms with Crippen LogP contribution in [-0.4, -0.2) is 13.5 Å². The van der Waals surface area contributed by atoms with Crippen LogP contribution in [0.1, 0.15) is 5.56 Å². The highest BCUT2D eigenvalue weighted by Crippen LogP contribution is 2.30. The topological polar surface area (TPSA) is 38.3 Å². The van der Waals surface area contributed by atoms with E-state index in [1.54, 1.807) is 13.1 Å². The molecule has 0 amide bonds. The molecule has 2 aromatic carbocycles. The first-order valence-electron chi connectivity index (χ1n) is 5.73. The standard InChI is InChI=1S/C15H15NO2/c1-11-3-5-12(6-4-11)13-7-8-15(18-10-17)14(9-13)16-2/h3-10,16H,1-2H3. The minimum absolute atomic E-state index is 0.432. The van der Waals surface area contributed by atoms with Crippen LogP contribution in [0.5, 0.6) is 5.75 Å². The van der Waals surface area contributed by atoms with E-state index in [2.05, 4.69) is 36.5 Å². The van der Waals surface area contributed by atoms with Crippen LogP contribution in [0.25, 0.3) is 11.1 Å². The summed E-state index contributed by atoms with van der Waals surface area (Å²) in [5, 5.41) is 3.02. The van der Waals surface area contributed by atoms with Crippen molar-refractivity contribution in [3.8, 4) is 16.9 Å². The largest absolute Gasteiger partial charge is 0.427 e. The number of aryl methyl sites for hydroxylation is 1. The van der Waals surface area contributed by atoms with E-state index < -0.39 is 0 Å². The van der Waals surface area contributed by atoms with E-state index >= 15 is 0 Å². The second-order valence-corrected chi connectivity index (χ2v) is 4.04. The maximum Gasteiger partial charge on any atom is 0.298 e. The molecule has 0 aliphatic rings. The van der Waals surface area contributed by atoms with Crippen LogP contribution in [0, 0.1) is 6.92 Å². The Labute approximate surface area is 106 Å². The Morgan fingerprint density at radius 3 is 2.33 bits per heavy atom. The number of ether oxygens (including phenoxy) is 1. The molecule has 0 heterocycles. The predicted molar refractivity (Wildman–Crippen MR) is 72.9 cm³/mol.